The van der Waals surface area contributed by atoms with Gasteiger partial charge in [0.15, 0.2) is 0 Å². The second kappa shape index (κ2) is 6.02. The Morgan fingerprint density at radius 2 is 1.72 bits per heavy atom. The van der Waals surface area contributed by atoms with Crippen LogP contribution in [0.3, 0.4) is 0 Å². The van der Waals surface area contributed by atoms with Crippen molar-refractivity contribution >= 4 is 21.6 Å². The van der Waals surface area contributed by atoms with E-state index >= 15 is 0 Å². The standard InChI is InChI=1S/C12H19ClN2O2S/c1-3-12(4-2,9-14)15-18(16,17)11-7-5-10(13)6-8-11/h5-8,15H,3-4,9,14H2,1-2H3. The van der Waals surface area contributed by atoms with Crippen molar-refractivity contribution in [1.82, 2.24) is 4.72 Å². The minimum absolute atomic E-state index is 0.201. The highest BCUT2D eigenvalue weighted by atomic mass is 35.5. The molecule has 0 aliphatic carbocycles. The van der Waals surface area contributed by atoms with Crippen LogP contribution >= 0.6 is 11.6 Å². The summed E-state index contributed by atoms with van der Waals surface area (Å²) in [6.45, 7) is 4.11. The number of nitrogens with one attached hydrogen (secondary N) is 1. The van der Waals surface area contributed by atoms with Crippen molar-refractivity contribution in [2.45, 2.75) is 37.1 Å². The molecule has 0 fully saturated rings. The summed E-state index contributed by atoms with van der Waals surface area (Å²) in [4.78, 5) is 0.201. The van der Waals surface area contributed by atoms with Gasteiger partial charge in [-0.15, -0.1) is 0 Å². The minimum atomic E-state index is -3.56. The van der Waals surface area contributed by atoms with E-state index in [0.29, 0.717) is 17.9 Å². The molecule has 0 saturated heterocycles. The molecule has 0 bridgehead atoms. The molecule has 18 heavy (non-hydrogen) atoms. The quantitative estimate of drug-likeness (QED) is 0.843. The number of halogens is 1. The first-order chi connectivity index (χ1) is 8.39. The molecule has 1 aromatic carbocycles. The molecular formula is C12H19ClN2O2S. The van der Waals surface area contributed by atoms with E-state index in [0.717, 1.165) is 0 Å². The predicted octanol–water partition coefficient (Wildman–Crippen LogP) is 2.14. The van der Waals surface area contributed by atoms with E-state index in [2.05, 4.69) is 4.72 Å². The third-order valence-electron chi connectivity index (χ3n) is 3.22. The first kappa shape index (κ1) is 15.4. The van der Waals surface area contributed by atoms with E-state index < -0.39 is 15.6 Å². The van der Waals surface area contributed by atoms with E-state index in [4.69, 9.17) is 17.3 Å². The van der Waals surface area contributed by atoms with Crippen LogP contribution in [0.25, 0.3) is 0 Å². The van der Waals surface area contributed by atoms with Crippen LogP contribution < -0.4 is 10.5 Å². The van der Waals surface area contributed by atoms with Crippen LogP contribution in [0.5, 0.6) is 0 Å². The van der Waals surface area contributed by atoms with E-state index in [1.807, 2.05) is 13.8 Å². The summed E-state index contributed by atoms with van der Waals surface area (Å²) in [5.41, 5.74) is 5.11. The smallest absolute Gasteiger partial charge is 0.241 e. The summed E-state index contributed by atoms with van der Waals surface area (Å²) in [7, 11) is -3.56. The molecule has 0 aliphatic heterocycles. The van der Waals surface area contributed by atoms with Crippen molar-refractivity contribution in [2.24, 2.45) is 5.73 Å². The van der Waals surface area contributed by atoms with Gasteiger partial charge in [0.1, 0.15) is 0 Å². The van der Waals surface area contributed by atoms with Gasteiger partial charge in [-0.2, -0.15) is 0 Å². The second-order valence-electron chi connectivity index (χ2n) is 4.25. The molecule has 0 aromatic heterocycles. The average Bonchev–Trinajstić information content (AvgIpc) is 2.37. The van der Waals surface area contributed by atoms with Crippen molar-refractivity contribution in [2.75, 3.05) is 6.54 Å². The maximum absolute atomic E-state index is 12.2. The summed E-state index contributed by atoms with van der Waals surface area (Å²) in [5, 5.41) is 0.505. The lowest BCUT2D eigenvalue weighted by molar-refractivity contribution is 0.363. The normalized spacial score (nSPS) is 12.7. The van der Waals surface area contributed by atoms with Crippen molar-refractivity contribution in [1.29, 1.82) is 0 Å². The maximum Gasteiger partial charge on any atom is 0.241 e. The van der Waals surface area contributed by atoms with Crippen molar-refractivity contribution in [3.63, 3.8) is 0 Å². The summed E-state index contributed by atoms with van der Waals surface area (Å²) < 4.78 is 27.1. The average molecular weight is 291 g/mol. The van der Waals surface area contributed by atoms with Crippen LogP contribution in [0, 0.1) is 0 Å². The Hall–Kier alpha value is -0.620. The van der Waals surface area contributed by atoms with Gasteiger partial charge in [-0.3, -0.25) is 0 Å². The summed E-state index contributed by atoms with van der Waals surface area (Å²) in [6, 6.07) is 6.07. The zero-order valence-electron chi connectivity index (χ0n) is 10.6. The van der Waals surface area contributed by atoms with Crippen LogP contribution in [0.15, 0.2) is 29.2 Å². The molecule has 0 amide bonds. The number of nitrogens with two attached hydrogens (primary N) is 1. The lowest BCUT2D eigenvalue weighted by Gasteiger charge is -2.30. The lowest BCUT2D eigenvalue weighted by Crippen LogP contribution is -2.52. The van der Waals surface area contributed by atoms with Gasteiger partial charge in [0, 0.05) is 17.1 Å². The lowest BCUT2D eigenvalue weighted by atomic mass is 9.95. The Labute approximate surface area is 114 Å². The zero-order chi connectivity index (χ0) is 13.8. The summed E-state index contributed by atoms with van der Waals surface area (Å²) >= 11 is 5.74. The van der Waals surface area contributed by atoms with Gasteiger partial charge in [0.2, 0.25) is 10.0 Å². The summed E-state index contributed by atoms with van der Waals surface area (Å²) in [6.07, 6.45) is 1.29. The fourth-order valence-corrected chi connectivity index (χ4v) is 3.36. The molecule has 0 heterocycles. The molecule has 0 saturated carbocycles. The molecule has 102 valence electrons. The van der Waals surface area contributed by atoms with Gasteiger partial charge in [-0.25, -0.2) is 13.1 Å². The van der Waals surface area contributed by atoms with Gasteiger partial charge in [0.05, 0.1) is 4.90 Å². The van der Waals surface area contributed by atoms with Crippen LogP contribution in [0.4, 0.5) is 0 Å². The monoisotopic (exact) mass is 290 g/mol. The van der Waals surface area contributed by atoms with Gasteiger partial charge < -0.3 is 5.73 Å². The topological polar surface area (TPSA) is 72.2 Å². The minimum Gasteiger partial charge on any atom is -0.329 e. The predicted molar refractivity (Wildman–Crippen MR) is 74.1 cm³/mol. The molecule has 1 aromatic rings. The summed E-state index contributed by atoms with van der Waals surface area (Å²) in [5.74, 6) is 0. The molecular weight excluding hydrogens is 272 g/mol. The van der Waals surface area contributed by atoms with Gasteiger partial charge in [-0.1, -0.05) is 25.4 Å². The highest BCUT2D eigenvalue weighted by Gasteiger charge is 2.30. The highest BCUT2D eigenvalue weighted by molar-refractivity contribution is 7.89. The third-order valence-corrected chi connectivity index (χ3v) is 5.07. The van der Waals surface area contributed by atoms with Crippen LogP contribution in [-0.2, 0) is 10.0 Å². The second-order valence-corrected chi connectivity index (χ2v) is 6.37. The maximum atomic E-state index is 12.2. The number of sulfonamides is 1. The van der Waals surface area contributed by atoms with Crippen molar-refractivity contribution in [3.05, 3.63) is 29.3 Å². The fourth-order valence-electron chi connectivity index (χ4n) is 1.68. The molecule has 6 heteroatoms. The SMILES string of the molecule is CCC(CC)(CN)NS(=O)(=O)c1ccc(Cl)cc1. The Balaban J connectivity index is 3.04. The molecule has 4 nitrogen and oxygen atoms in total. The first-order valence-electron chi connectivity index (χ1n) is 5.89. The fraction of sp³-hybridized carbons (Fsp3) is 0.500. The van der Waals surface area contributed by atoms with E-state index in [-0.39, 0.29) is 11.4 Å². The molecule has 0 spiro atoms. The molecule has 1 rings (SSSR count). The number of hydrogen-bond donors (Lipinski definition) is 2. The Morgan fingerprint density at radius 1 is 1.22 bits per heavy atom. The van der Waals surface area contributed by atoms with E-state index in [1.54, 1.807) is 12.1 Å². The number of rotatable bonds is 6. The van der Waals surface area contributed by atoms with Crippen molar-refractivity contribution < 1.29 is 8.42 Å². The Kier molecular flexibility index (Phi) is 5.16. The van der Waals surface area contributed by atoms with Crippen molar-refractivity contribution in [3.8, 4) is 0 Å². The van der Waals surface area contributed by atoms with E-state index in [1.165, 1.54) is 12.1 Å². The zero-order valence-corrected chi connectivity index (χ0v) is 12.2. The van der Waals surface area contributed by atoms with Gasteiger partial charge in [0.25, 0.3) is 0 Å². The molecule has 0 atom stereocenters. The molecule has 0 aliphatic rings. The van der Waals surface area contributed by atoms with Gasteiger partial charge >= 0.3 is 0 Å². The largest absolute Gasteiger partial charge is 0.329 e. The van der Waals surface area contributed by atoms with Crippen LogP contribution in [0.1, 0.15) is 26.7 Å². The van der Waals surface area contributed by atoms with E-state index in [9.17, 15) is 8.42 Å². The highest BCUT2D eigenvalue weighted by Crippen LogP contribution is 2.20. The number of benzene rings is 1. The molecule has 0 radical (unpaired) electrons. The number of hydrogen-bond acceptors (Lipinski definition) is 3. The molecule has 3 N–H and O–H groups in total. The van der Waals surface area contributed by atoms with Crippen LogP contribution in [0.2, 0.25) is 5.02 Å². The van der Waals surface area contributed by atoms with Crippen LogP contribution in [-0.4, -0.2) is 20.5 Å². The van der Waals surface area contributed by atoms with Gasteiger partial charge in [-0.05, 0) is 37.1 Å². The third kappa shape index (κ3) is 3.45. The Morgan fingerprint density at radius 3 is 2.11 bits per heavy atom. The molecule has 0 unspecified atom stereocenters. The first-order valence-corrected chi connectivity index (χ1v) is 7.75. The Bertz CT molecular complexity index is 473.